The summed E-state index contributed by atoms with van der Waals surface area (Å²) in [6.45, 7) is 10.3. The van der Waals surface area contributed by atoms with Gasteiger partial charge in [-0.2, -0.15) is 0 Å². The summed E-state index contributed by atoms with van der Waals surface area (Å²) in [5.74, 6) is 0.212. The lowest BCUT2D eigenvalue weighted by atomic mass is 10.0. The lowest BCUT2D eigenvalue weighted by Gasteiger charge is -2.40. The van der Waals surface area contributed by atoms with Crippen LogP contribution in [0.4, 0.5) is 27.8 Å². The molecule has 9 heteroatoms. The lowest BCUT2D eigenvalue weighted by Crippen LogP contribution is -2.57. The molecular weight excluding hydrogens is 504 g/mol. The number of carbonyl (C=O) groups excluding carboxylic acids is 2. The Labute approximate surface area is 233 Å². The fourth-order valence-electron chi connectivity index (χ4n) is 4.37. The number of aromatic nitrogens is 2. The summed E-state index contributed by atoms with van der Waals surface area (Å²) in [6, 6.07) is 21.6. The van der Waals surface area contributed by atoms with Crippen LogP contribution in [0.25, 0.3) is 22.0 Å². The standard InChI is InChI=1S/C31H32N6O3/c1-5-27(38)34-24-10-6-8-20(16-24)26-11-7-9-21-17-32-29(36-28(21)26)35-23-14-12-22(13-15-23)33-25-18-37(19-25)30(39)40-31(2,3)4/h5-17,25,33H,1,18-19H2,2-4H3,(H,34,38)(H,32,35,36). The molecule has 1 saturated heterocycles. The van der Waals surface area contributed by atoms with Gasteiger partial charge in [-0.15, -0.1) is 0 Å². The number of fused-ring (bicyclic) bond motifs is 1. The van der Waals surface area contributed by atoms with Crippen LogP contribution < -0.4 is 16.0 Å². The predicted octanol–water partition coefficient (Wildman–Crippen LogP) is 6.20. The first-order valence-corrected chi connectivity index (χ1v) is 13.1. The van der Waals surface area contributed by atoms with E-state index < -0.39 is 5.60 Å². The topological polar surface area (TPSA) is 108 Å². The molecule has 3 aromatic carbocycles. The van der Waals surface area contributed by atoms with Crippen LogP contribution in [-0.2, 0) is 9.53 Å². The van der Waals surface area contributed by atoms with E-state index in [9.17, 15) is 9.59 Å². The zero-order valence-corrected chi connectivity index (χ0v) is 22.8. The molecule has 0 spiro atoms. The van der Waals surface area contributed by atoms with Gasteiger partial charge in [-0.05, 0) is 68.8 Å². The van der Waals surface area contributed by atoms with Gasteiger partial charge >= 0.3 is 6.09 Å². The van der Waals surface area contributed by atoms with Crippen molar-refractivity contribution < 1.29 is 14.3 Å². The minimum Gasteiger partial charge on any atom is -0.444 e. The Balaban J connectivity index is 1.25. The van der Waals surface area contributed by atoms with Crippen molar-refractivity contribution in [3.8, 4) is 11.1 Å². The van der Waals surface area contributed by atoms with Gasteiger partial charge < -0.3 is 25.6 Å². The molecule has 1 fully saturated rings. The molecule has 9 nitrogen and oxygen atoms in total. The van der Waals surface area contributed by atoms with Crippen LogP contribution in [0.1, 0.15) is 20.8 Å². The van der Waals surface area contributed by atoms with E-state index in [1.165, 1.54) is 6.08 Å². The number of nitrogens with one attached hydrogen (secondary N) is 3. The highest BCUT2D eigenvalue weighted by Crippen LogP contribution is 2.30. The van der Waals surface area contributed by atoms with Crippen LogP contribution in [0.15, 0.2) is 85.6 Å². The van der Waals surface area contributed by atoms with Crippen LogP contribution in [0.5, 0.6) is 0 Å². The summed E-state index contributed by atoms with van der Waals surface area (Å²) < 4.78 is 5.42. The number of benzene rings is 3. The van der Waals surface area contributed by atoms with E-state index in [1.54, 1.807) is 11.1 Å². The maximum Gasteiger partial charge on any atom is 0.410 e. The second kappa shape index (κ2) is 11.1. The minimum absolute atomic E-state index is 0.178. The molecule has 1 aliphatic heterocycles. The Kier molecular flexibility index (Phi) is 7.37. The average molecular weight is 537 g/mol. The number of nitrogens with zero attached hydrogens (tertiary/aromatic N) is 3. The molecule has 5 rings (SSSR count). The van der Waals surface area contributed by atoms with Crippen LogP contribution in [0.3, 0.4) is 0 Å². The smallest absolute Gasteiger partial charge is 0.410 e. The van der Waals surface area contributed by atoms with E-state index in [0.717, 1.165) is 33.4 Å². The van der Waals surface area contributed by atoms with Crippen LogP contribution in [-0.4, -0.2) is 51.6 Å². The Bertz CT molecular complexity index is 1560. The number of carbonyl (C=O) groups is 2. The highest BCUT2D eigenvalue weighted by atomic mass is 16.6. The van der Waals surface area contributed by atoms with Crippen molar-refractivity contribution in [2.45, 2.75) is 32.4 Å². The molecule has 0 radical (unpaired) electrons. The van der Waals surface area contributed by atoms with Crippen LogP contribution in [0, 0.1) is 0 Å². The molecule has 3 N–H and O–H groups in total. The molecular formula is C31H32N6O3. The van der Waals surface area contributed by atoms with Gasteiger partial charge in [0, 0.05) is 47.3 Å². The number of likely N-dealkylation sites (tertiary alicyclic amines) is 1. The predicted molar refractivity (Wildman–Crippen MR) is 159 cm³/mol. The van der Waals surface area contributed by atoms with Gasteiger partial charge in [-0.25, -0.2) is 14.8 Å². The van der Waals surface area contributed by atoms with Gasteiger partial charge in [0.1, 0.15) is 5.60 Å². The summed E-state index contributed by atoms with van der Waals surface area (Å²) in [5.41, 5.74) is 4.64. The number of anilines is 4. The number of amides is 2. The van der Waals surface area contributed by atoms with Gasteiger partial charge in [0.15, 0.2) is 0 Å². The van der Waals surface area contributed by atoms with Crippen molar-refractivity contribution in [3.63, 3.8) is 0 Å². The summed E-state index contributed by atoms with van der Waals surface area (Å²) in [6.07, 6.45) is 2.75. The molecule has 2 heterocycles. The normalized spacial score (nSPS) is 13.3. The molecule has 4 aromatic rings. The van der Waals surface area contributed by atoms with Gasteiger partial charge in [0.05, 0.1) is 11.6 Å². The molecule has 0 aliphatic carbocycles. The van der Waals surface area contributed by atoms with Crippen molar-refractivity contribution in [2.24, 2.45) is 0 Å². The SMILES string of the molecule is C=CC(=O)Nc1cccc(-c2cccc3cnc(Nc4ccc(NC5CN(C(=O)OC(C)(C)C)C5)cc4)nc23)c1. The van der Waals surface area contributed by atoms with Crippen molar-refractivity contribution in [1.82, 2.24) is 14.9 Å². The van der Waals surface area contributed by atoms with E-state index >= 15 is 0 Å². The number of rotatable bonds is 7. The molecule has 0 bridgehead atoms. The zero-order chi connectivity index (χ0) is 28.3. The van der Waals surface area contributed by atoms with E-state index in [-0.39, 0.29) is 18.0 Å². The lowest BCUT2D eigenvalue weighted by molar-refractivity contribution is -0.111. The summed E-state index contributed by atoms with van der Waals surface area (Å²) >= 11 is 0. The first kappa shape index (κ1) is 26.7. The second-order valence-corrected chi connectivity index (χ2v) is 10.6. The number of para-hydroxylation sites is 1. The van der Waals surface area contributed by atoms with E-state index in [1.807, 2.05) is 87.5 Å². The Morgan fingerprint density at radius 1 is 1.00 bits per heavy atom. The van der Waals surface area contributed by atoms with E-state index in [2.05, 4.69) is 27.5 Å². The zero-order valence-electron chi connectivity index (χ0n) is 22.8. The first-order chi connectivity index (χ1) is 19.2. The van der Waals surface area contributed by atoms with Crippen molar-refractivity contribution in [2.75, 3.05) is 29.0 Å². The van der Waals surface area contributed by atoms with Gasteiger partial charge in [-0.3, -0.25) is 4.79 Å². The maximum absolute atomic E-state index is 12.1. The summed E-state index contributed by atoms with van der Waals surface area (Å²) in [4.78, 5) is 34.9. The summed E-state index contributed by atoms with van der Waals surface area (Å²) in [5, 5.41) is 10.4. The largest absolute Gasteiger partial charge is 0.444 e. The van der Waals surface area contributed by atoms with Gasteiger partial charge in [0.25, 0.3) is 0 Å². The average Bonchev–Trinajstić information content (AvgIpc) is 2.90. The quantitative estimate of drug-likeness (QED) is 0.242. The maximum atomic E-state index is 12.1. The molecule has 1 aromatic heterocycles. The highest BCUT2D eigenvalue weighted by Gasteiger charge is 2.33. The molecule has 0 atom stereocenters. The fraction of sp³-hybridized carbons (Fsp3) is 0.226. The summed E-state index contributed by atoms with van der Waals surface area (Å²) in [7, 11) is 0. The Morgan fingerprint density at radius 3 is 2.45 bits per heavy atom. The molecule has 0 saturated carbocycles. The van der Waals surface area contributed by atoms with E-state index in [0.29, 0.717) is 24.7 Å². The third-order valence-electron chi connectivity index (χ3n) is 6.28. The van der Waals surface area contributed by atoms with Crippen molar-refractivity contribution in [3.05, 3.63) is 85.6 Å². The fourth-order valence-corrected chi connectivity index (χ4v) is 4.37. The number of hydrogen-bond donors (Lipinski definition) is 3. The number of ether oxygens (including phenoxy) is 1. The molecule has 1 aliphatic rings. The monoisotopic (exact) mass is 536 g/mol. The Hall–Kier alpha value is -4.92. The Morgan fingerprint density at radius 2 is 1.73 bits per heavy atom. The molecule has 0 unspecified atom stereocenters. The molecule has 204 valence electrons. The third kappa shape index (κ3) is 6.37. The minimum atomic E-state index is -0.496. The van der Waals surface area contributed by atoms with E-state index in [4.69, 9.17) is 9.72 Å². The van der Waals surface area contributed by atoms with Crippen molar-refractivity contribution >= 4 is 45.9 Å². The third-order valence-corrected chi connectivity index (χ3v) is 6.28. The van der Waals surface area contributed by atoms with Crippen LogP contribution in [0.2, 0.25) is 0 Å². The van der Waals surface area contributed by atoms with Crippen LogP contribution >= 0.6 is 0 Å². The van der Waals surface area contributed by atoms with Gasteiger partial charge in [0.2, 0.25) is 11.9 Å². The highest BCUT2D eigenvalue weighted by molar-refractivity contribution is 6.00. The first-order valence-electron chi connectivity index (χ1n) is 13.1. The van der Waals surface area contributed by atoms with Crippen molar-refractivity contribution in [1.29, 1.82) is 0 Å². The second-order valence-electron chi connectivity index (χ2n) is 10.6. The van der Waals surface area contributed by atoms with Gasteiger partial charge in [-0.1, -0.05) is 36.9 Å². The number of hydrogen-bond acceptors (Lipinski definition) is 7. The molecule has 2 amide bonds. The molecule has 40 heavy (non-hydrogen) atoms.